The minimum absolute atomic E-state index is 0.0312. The number of ether oxygens (including phenoxy) is 1. The number of urea groups is 1. The molecule has 2 aliphatic rings. The fourth-order valence-corrected chi connectivity index (χ4v) is 5.63. The number of halogens is 6. The Morgan fingerprint density at radius 2 is 1.80 bits per heavy atom. The van der Waals surface area contributed by atoms with Gasteiger partial charge in [0.1, 0.15) is 23.6 Å². The zero-order valence-electron chi connectivity index (χ0n) is 23.9. The fourth-order valence-electron chi connectivity index (χ4n) is 5.63. The standard InChI is InChI=1S/C27H33F6N7O4/c1-3-40-18(9-11-35-40)23(41)38-22(15-4-6-17(7-5-15)26(28,29)30)24(42)37-21-12-16(8-10-34-21)19(14-44-2)39-13-20(27(31,32)33)36-25(39)43/h8-12,15,17,19-20,22H,3-7,13-14H2,1-2H3,(H,36,43)(H,38,41)(H,34,37,42)/t15?,17?,19-,20+,22+/m1/s1. The van der Waals surface area contributed by atoms with Gasteiger partial charge in [-0.05, 0) is 62.3 Å². The molecule has 11 nitrogen and oxygen atoms in total. The number of anilines is 1. The molecule has 3 N–H and O–H groups in total. The quantitative estimate of drug-likeness (QED) is 0.339. The van der Waals surface area contributed by atoms with Crippen LogP contribution < -0.4 is 16.0 Å². The van der Waals surface area contributed by atoms with Gasteiger partial charge in [-0.2, -0.15) is 31.4 Å². The lowest BCUT2D eigenvalue weighted by Crippen LogP contribution is -2.50. The van der Waals surface area contributed by atoms with Crippen molar-refractivity contribution >= 4 is 23.7 Å². The van der Waals surface area contributed by atoms with E-state index >= 15 is 0 Å². The molecule has 0 spiro atoms. The van der Waals surface area contributed by atoms with E-state index in [-0.39, 0.29) is 43.8 Å². The summed E-state index contributed by atoms with van der Waals surface area (Å²) in [5.41, 5.74) is 0.478. The number of pyridine rings is 1. The van der Waals surface area contributed by atoms with E-state index in [1.54, 1.807) is 6.92 Å². The molecule has 2 aromatic heterocycles. The van der Waals surface area contributed by atoms with Crippen molar-refractivity contribution in [2.24, 2.45) is 11.8 Å². The monoisotopic (exact) mass is 633 g/mol. The number of alkyl halides is 6. The molecular weight excluding hydrogens is 600 g/mol. The average molecular weight is 634 g/mol. The molecule has 2 aromatic rings. The summed E-state index contributed by atoms with van der Waals surface area (Å²) in [6.45, 7) is 1.30. The number of aromatic nitrogens is 3. The van der Waals surface area contributed by atoms with Gasteiger partial charge in [0.25, 0.3) is 5.91 Å². The summed E-state index contributed by atoms with van der Waals surface area (Å²) in [4.78, 5) is 44.2. The fraction of sp³-hybridized carbons (Fsp3) is 0.593. The molecule has 2 fully saturated rings. The molecule has 1 saturated heterocycles. The van der Waals surface area contributed by atoms with E-state index < -0.39 is 66.7 Å². The number of carbonyl (C=O) groups is 3. The van der Waals surface area contributed by atoms with Crippen LogP contribution in [0.4, 0.5) is 37.0 Å². The Kier molecular flexibility index (Phi) is 10.1. The number of nitrogens with one attached hydrogen (secondary N) is 3. The van der Waals surface area contributed by atoms with Gasteiger partial charge in [0, 0.05) is 26.0 Å². The normalized spacial score (nSPS) is 22.3. The van der Waals surface area contributed by atoms with E-state index in [0.717, 1.165) is 4.90 Å². The van der Waals surface area contributed by atoms with Crippen LogP contribution in [0.25, 0.3) is 0 Å². The van der Waals surface area contributed by atoms with Gasteiger partial charge in [-0.3, -0.25) is 14.3 Å². The van der Waals surface area contributed by atoms with Crippen LogP contribution in [0.1, 0.15) is 54.7 Å². The van der Waals surface area contributed by atoms with Crippen molar-refractivity contribution in [2.45, 2.75) is 69.6 Å². The van der Waals surface area contributed by atoms with Gasteiger partial charge in [-0.1, -0.05) is 0 Å². The smallest absolute Gasteiger partial charge is 0.382 e. The summed E-state index contributed by atoms with van der Waals surface area (Å²) in [6.07, 6.45) is -6.68. The molecule has 3 heterocycles. The van der Waals surface area contributed by atoms with Crippen molar-refractivity contribution < 1.29 is 45.5 Å². The lowest BCUT2D eigenvalue weighted by molar-refractivity contribution is -0.184. The number of methoxy groups -OCH3 is 1. The maximum atomic E-state index is 13.6. The number of nitrogens with zero attached hydrogens (tertiary/aromatic N) is 4. The largest absolute Gasteiger partial charge is 0.410 e. The number of aryl methyl sites for hydroxylation is 1. The number of carbonyl (C=O) groups excluding carboxylic acids is 3. The van der Waals surface area contributed by atoms with Crippen LogP contribution in [-0.4, -0.2) is 82.2 Å². The first kappa shape index (κ1) is 33.0. The van der Waals surface area contributed by atoms with Crippen molar-refractivity contribution in [3.8, 4) is 0 Å². The third-order valence-corrected chi connectivity index (χ3v) is 7.98. The summed E-state index contributed by atoms with van der Waals surface area (Å²) in [7, 11) is 1.32. The first-order valence-electron chi connectivity index (χ1n) is 14.0. The van der Waals surface area contributed by atoms with Crippen molar-refractivity contribution in [2.75, 3.05) is 25.6 Å². The molecule has 242 valence electrons. The van der Waals surface area contributed by atoms with E-state index in [0.29, 0.717) is 12.1 Å². The molecule has 0 aromatic carbocycles. The maximum absolute atomic E-state index is 13.6. The van der Waals surface area contributed by atoms with E-state index in [9.17, 15) is 40.7 Å². The van der Waals surface area contributed by atoms with Gasteiger partial charge in [0.15, 0.2) is 0 Å². The summed E-state index contributed by atoms with van der Waals surface area (Å²) in [5, 5.41) is 11.2. The van der Waals surface area contributed by atoms with E-state index in [2.05, 4.69) is 20.7 Å². The number of amides is 4. The molecule has 0 bridgehead atoms. The van der Waals surface area contributed by atoms with Gasteiger partial charge < -0.3 is 25.6 Å². The third-order valence-electron chi connectivity index (χ3n) is 7.98. The Labute approximate surface area is 248 Å². The van der Waals surface area contributed by atoms with Gasteiger partial charge in [0.2, 0.25) is 5.91 Å². The highest BCUT2D eigenvalue weighted by atomic mass is 19.4. The molecule has 1 aliphatic carbocycles. The summed E-state index contributed by atoms with van der Waals surface area (Å²) < 4.78 is 86.3. The summed E-state index contributed by atoms with van der Waals surface area (Å²) in [5.74, 6) is -3.53. The predicted octanol–water partition coefficient (Wildman–Crippen LogP) is 4.05. The molecule has 1 saturated carbocycles. The second kappa shape index (κ2) is 13.4. The molecular formula is C27H33F6N7O4. The molecule has 0 unspecified atom stereocenters. The van der Waals surface area contributed by atoms with Gasteiger partial charge in [-0.15, -0.1) is 0 Å². The van der Waals surface area contributed by atoms with Crippen LogP contribution in [0.2, 0.25) is 0 Å². The Balaban J connectivity index is 1.55. The molecule has 44 heavy (non-hydrogen) atoms. The second-order valence-electron chi connectivity index (χ2n) is 10.8. The van der Waals surface area contributed by atoms with Crippen LogP contribution in [0.15, 0.2) is 30.6 Å². The van der Waals surface area contributed by atoms with Gasteiger partial charge >= 0.3 is 18.4 Å². The number of hydrogen-bond acceptors (Lipinski definition) is 6. The molecule has 0 radical (unpaired) electrons. The second-order valence-corrected chi connectivity index (χ2v) is 10.8. The van der Waals surface area contributed by atoms with Crippen LogP contribution in [0.3, 0.4) is 0 Å². The highest BCUT2D eigenvalue weighted by molar-refractivity contribution is 6.00. The van der Waals surface area contributed by atoms with Crippen molar-refractivity contribution in [3.05, 3.63) is 41.9 Å². The first-order chi connectivity index (χ1) is 20.7. The minimum atomic E-state index is -4.66. The Hall–Kier alpha value is -3.89. The van der Waals surface area contributed by atoms with Crippen LogP contribution in [-0.2, 0) is 16.1 Å². The molecule has 17 heteroatoms. The highest BCUT2D eigenvalue weighted by Gasteiger charge is 2.49. The predicted molar refractivity (Wildman–Crippen MR) is 143 cm³/mol. The Morgan fingerprint density at radius 1 is 1.09 bits per heavy atom. The van der Waals surface area contributed by atoms with E-state index in [1.807, 2.05) is 5.32 Å². The summed E-state index contributed by atoms with van der Waals surface area (Å²) >= 11 is 0. The zero-order valence-corrected chi connectivity index (χ0v) is 23.9. The van der Waals surface area contributed by atoms with E-state index in [4.69, 9.17) is 4.74 Å². The maximum Gasteiger partial charge on any atom is 0.410 e. The topological polar surface area (TPSA) is 130 Å². The molecule has 4 amide bonds. The van der Waals surface area contributed by atoms with Crippen molar-refractivity contribution in [3.63, 3.8) is 0 Å². The van der Waals surface area contributed by atoms with Crippen LogP contribution >= 0.6 is 0 Å². The van der Waals surface area contributed by atoms with Crippen LogP contribution in [0, 0.1) is 11.8 Å². The SMILES string of the molecule is CCn1nccc1C(=O)N[C@H](C(=O)Nc1cc([C@@H](COC)N2C[C@@H](C(F)(F)F)NC2=O)ccn1)C1CCC(C(F)(F)F)CC1. The number of rotatable bonds is 10. The Bertz CT molecular complexity index is 1330. The van der Waals surface area contributed by atoms with Gasteiger partial charge in [-0.25, -0.2) is 9.78 Å². The lowest BCUT2D eigenvalue weighted by atomic mass is 9.78. The van der Waals surface area contributed by atoms with E-state index in [1.165, 1.54) is 42.4 Å². The molecule has 1 aliphatic heterocycles. The third kappa shape index (κ3) is 7.60. The van der Waals surface area contributed by atoms with Crippen molar-refractivity contribution in [1.82, 2.24) is 30.3 Å². The molecule has 4 rings (SSSR count). The van der Waals surface area contributed by atoms with Crippen LogP contribution in [0.5, 0.6) is 0 Å². The zero-order chi connectivity index (χ0) is 32.2. The number of hydrogen-bond donors (Lipinski definition) is 3. The lowest BCUT2D eigenvalue weighted by Gasteiger charge is -2.34. The van der Waals surface area contributed by atoms with Crippen molar-refractivity contribution in [1.29, 1.82) is 0 Å². The van der Waals surface area contributed by atoms with Gasteiger partial charge in [0.05, 0.1) is 25.1 Å². The minimum Gasteiger partial charge on any atom is -0.382 e. The molecule has 3 atom stereocenters. The average Bonchev–Trinajstić information content (AvgIpc) is 3.61. The summed E-state index contributed by atoms with van der Waals surface area (Å²) in [6, 6.07) is -0.940. The Morgan fingerprint density at radius 3 is 2.39 bits per heavy atom. The highest BCUT2D eigenvalue weighted by Crippen LogP contribution is 2.40. The first-order valence-corrected chi connectivity index (χ1v) is 14.0.